The van der Waals surface area contributed by atoms with Crippen molar-refractivity contribution in [2.75, 3.05) is 31.1 Å². The number of hydrogen-bond acceptors (Lipinski definition) is 6. The van der Waals surface area contributed by atoms with Crippen molar-refractivity contribution in [1.82, 2.24) is 24.4 Å². The molecule has 3 aromatic rings. The number of carbonyl (C=O) groups excluding carboxylic acids is 1. The van der Waals surface area contributed by atoms with Gasteiger partial charge in [-0.1, -0.05) is 6.07 Å². The number of nitrogens with zero attached hydrogens (tertiary/aromatic N) is 6. The molecule has 0 bridgehead atoms. The fourth-order valence-corrected chi connectivity index (χ4v) is 3.68. The van der Waals surface area contributed by atoms with Crippen molar-refractivity contribution in [3.63, 3.8) is 0 Å². The van der Waals surface area contributed by atoms with Gasteiger partial charge in [-0.3, -0.25) is 9.36 Å². The summed E-state index contributed by atoms with van der Waals surface area (Å²) >= 11 is 1.62. The van der Waals surface area contributed by atoms with Crippen LogP contribution in [0.15, 0.2) is 48.4 Å². The lowest BCUT2D eigenvalue weighted by molar-refractivity contribution is -0.126. The molecule has 0 spiro atoms. The highest BCUT2D eigenvalue weighted by Gasteiger charge is 2.21. The van der Waals surface area contributed by atoms with E-state index in [4.69, 9.17) is 0 Å². The van der Waals surface area contributed by atoms with E-state index < -0.39 is 0 Å². The van der Waals surface area contributed by atoms with Gasteiger partial charge in [-0.05, 0) is 24.4 Å². The molecule has 3 aromatic heterocycles. The van der Waals surface area contributed by atoms with E-state index in [2.05, 4.69) is 19.9 Å². The molecule has 8 heteroatoms. The smallest absolute Gasteiger partial charge is 0.246 e. The Bertz CT molecular complexity index is 941. The van der Waals surface area contributed by atoms with Crippen molar-refractivity contribution in [2.45, 2.75) is 6.92 Å². The first-order chi connectivity index (χ1) is 13.2. The van der Waals surface area contributed by atoms with Crippen LogP contribution in [-0.4, -0.2) is 56.5 Å². The lowest BCUT2D eigenvalue weighted by atomic mass is 10.3. The molecule has 0 N–H and O–H groups in total. The highest BCUT2D eigenvalue weighted by Crippen LogP contribution is 2.17. The van der Waals surface area contributed by atoms with Crippen molar-refractivity contribution in [2.24, 2.45) is 0 Å². The van der Waals surface area contributed by atoms with E-state index in [9.17, 15) is 4.79 Å². The zero-order valence-electron chi connectivity index (χ0n) is 15.0. The Morgan fingerprint density at radius 3 is 2.67 bits per heavy atom. The maximum absolute atomic E-state index is 12.4. The van der Waals surface area contributed by atoms with Crippen molar-refractivity contribution in [3.05, 3.63) is 59.1 Å². The molecule has 4 rings (SSSR count). The highest BCUT2D eigenvalue weighted by atomic mass is 32.1. The van der Waals surface area contributed by atoms with E-state index in [1.807, 2.05) is 52.2 Å². The lowest BCUT2D eigenvalue weighted by Gasteiger charge is -2.35. The van der Waals surface area contributed by atoms with E-state index in [1.165, 1.54) is 0 Å². The van der Waals surface area contributed by atoms with Gasteiger partial charge in [-0.15, -0.1) is 11.3 Å². The lowest BCUT2D eigenvalue weighted by Crippen LogP contribution is -2.48. The number of amides is 1. The minimum Gasteiger partial charge on any atom is -0.353 e. The molecule has 7 nitrogen and oxygen atoms in total. The monoisotopic (exact) mass is 380 g/mol. The van der Waals surface area contributed by atoms with Crippen LogP contribution in [0.3, 0.4) is 0 Å². The molecule has 0 aliphatic carbocycles. The Balaban J connectivity index is 1.39. The van der Waals surface area contributed by atoms with E-state index in [0.717, 1.165) is 35.4 Å². The molecule has 0 aromatic carbocycles. The van der Waals surface area contributed by atoms with Gasteiger partial charge >= 0.3 is 0 Å². The molecule has 1 aliphatic heterocycles. The molecule has 1 amide bonds. The van der Waals surface area contributed by atoms with Crippen LogP contribution in [0.25, 0.3) is 11.9 Å². The zero-order valence-corrected chi connectivity index (χ0v) is 15.8. The van der Waals surface area contributed by atoms with Crippen molar-refractivity contribution < 1.29 is 4.79 Å². The average Bonchev–Trinajstić information content (AvgIpc) is 3.38. The Morgan fingerprint density at radius 2 is 1.96 bits per heavy atom. The summed E-state index contributed by atoms with van der Waals surface area (Å²) in [6.45, 7) is 4.79. The SMILES string of the molecule is Cc1nccn1-c1cc(N2CCN(C(=O)/C=C/c3cccs3)CC2)ncn1. The predicted molar refractivity (Wildman–Crippen MR) is 106 cm³/mol. The van der Waals surface area contributed by atoms with Crippen molar-refractivity contribution in [3.8, 4) is 5.82 Å². The largest absolute Gasteiger partial charge is 0.353 e. The summed E-state index contributed by atoms with van der Waals surface area (Å²) in [5.74, 6) is 2.61. The van der Waals surface area contributed by atoms with Gasteiger partial charge < -0.3 is 9.80 Å². The van der Waals surface area contributed by atoms with Crippen molar-refractivity contribution in [1.29, 1.82) is 0 Å². The Labute approximate surface area is 161 Å². The number of piperazine rings is 1. The molecule has 4 heterocycles. The fourth-order valence-electron chi connectivity index (χ4n) is 3.06. The molecule has 138 valence electrons. The van der Waals surface area contributed by atoms with E-state index >= 15 is 0 Å². The third-order valence-electron chi connectivity index (χ3n) is 4.56. The highest BCUT2D eigenvalue weighted by molar-refractivity contribution is 7.10. The van der Waals surface area contributed by atoms with E-state index in [0.29, 0.717) is 13.1 Å². The Morgan fingerprint density at radius 1 is 1.15 bits per heavy atom. The van der Waals surface area contributed by atoms with Gasteiger partial charge in [0.15, 0.2) is 0 Å². The predicted octanol–water partition coefficient (Wildman–Crippen LogP) is 2.39. The quantitative estimate of drug-likeness (QED) is 0.650. The second kappa shape index (κ2) is 7.71. The van der Waals surface area contributed by atoms with Gasteiger partial charge in [0.2, 0.25) is 5.91 Å². The van der Waals surface area contributed by atoms with Crippen LogP contribution in [0.5, 0.6) is 0 Å². The summed E-state index contributed by atoms with van der Waals surface area (Å²) in [5, 5.41) is 2.00. The van der Waals surface area contributed by atoms with E-state index in [1.54, 1.807) is 29.9 Å². The standard InChI is InChI=1S/C19H20N6OS/c1-15-20-6-7-25(15)18-13-17(21-14-22-18)23-8-10-24(11-9-23)19(26)5-4-16-3-2-12-27-16/h2-7,12-14H,8-11H2,1H3/b5-4+. The molecule has 0 atom stereocenters. The Kier molecular flexibility index (Phi) is 4.97. The van der Waals surface area contributed by atoms with Crippen LogP contribution in [-0.2, 0) is 4.79 Å². The van der Waals surface area contributed by atoms with Crippen molar-refractivity contribution >= 4 is 29.1 Å². The first kappa shape index (κ1) is 17.4. The summed E-state index contributed by atoms with van der Waals surface area (Å²) in [5.41, 5.74) is 0. The summed E-state index contributed by atoms with van der Waals surface area (Å²) in [6, 6.07) is 5.94. The summed E-state index contributed by atoms with van der Waals surface area (Å²) in [6.07, 6.45) is 8.75. The number of thiophene rings is 1. The van der Waals surface area contributed by atoms with Crippen LogP contribution in [0.2, 0.25) is 0 Å². The normalized spacial score (nSPS) is 14.9. The van der Waals surface area contributed by atoms with Crippen LogP contribution < -0.4 is 4.90 Å². The number of imidazole rings is 1. The summed E-state index contributed by atoms with van der Waals surface area (Å²) in [7, 11) is 0. The first-order valence-electron chi connectivity index (χ1n) is 8.78. The van der Waals surface area contributed by atoms with Crippen LogP contribution in [0.1, 0.15) is 10.7 Å². The number of rotatable bonds is 4. The van der Waals surface area contributed by atoms with Crippen LogP contribution in [0, 0.1) is 6.92 Å². The minimum atomic E-state index is 0.0560. The van der Waals surface area contributed by atoms with Crippen LogP contribution in [0.4, 0.5) is 5.82 Å². The van der Waals surface area contributed by atoms with Gasteiger partial charge in [0.1, 0.15) is 23.8 Å². The molecule has 27 heavy (non-hydrogen) atoms. The van der Waals surface area contributed by atoms with Gasteiger partial charge in [0.25, 0.3) is 0 Å². The molecular weight excluding hydrogens is 360 g/mol. The summed E-state index contributed by atoms with van der Waals surface area (Å²) < 4.78 is 1.93. The second-order valence-electron chi connectivity index (χ2n) is 6.24. The van der Waals surface area contributed by atoms with Crippen LogP contribution >= 0.6 is 11.3 Å². The molecule has 0 saturated carbocycles. The molecule has 0 unspecified atom stereocenters. The molecule has 1 fully saturated rings. The van der Waals surface area contributed by atoms with Gasteiger partial charge in [-0.2, -0.15) is 0 Å². The third kappa shape index (κ3) is 3.90. The number of aryl methyl sites for hydroxylation is 1. The molecular formula is C19H20N6OS. The fraction of sp³-hybridized carbons (Fsp3) is 0.263. The van der Waals surface area contributed by atoms with Gasteiger partial charge in [0.05, 0.1) is 0 Å². The summed E-state index contributed by atoms with van der Waals surface area (Å²) in [4.78, 5) is 30.5. The number of aromatic nitrogens is 4. The van der Waals surface area contributed by atoms with E-state index in [-0.39, 0.29) is 5.91 Å². The topological polar surface area (TPSA) is 67.2 Å². The zero-order chi connectivity index (χ0) is 18.6. The number of anilines is 1. The maximum atomic E-state index is 12.4. The molecule has 1 saturated heterocycles. The molecule has 1 aliphatic rings. The van der Waals surface area contributed by atoms with Gasteiger partial charge in [-0.25, -0.2) is 15.0 Å². The maximum Gasteiger partial charge on any atom is 0.246 e. The Hall–Kier alpha value is -3.00. The number of carbonyl (C=O) groups is 1. The average molecular weight is 380 g/mol. The molecule has 0 radical (unpaired) electrons. The van der Waals surface area contributed by atoms with Gasteiger partial charge in [0, 0.05) is 55.6 Å². The second-order valence-corrected chi connectivity index (χ2v) is 7.22. The number of hydrogen-bond donors (Lipinski definition) is 0. The third-order valence-corrected chi connectivity index (χ3v) is 5.40. The minimum absolute atomic E-state index is 0.0560. The first-order valence-corrected chi connectivity index (χ1v) is 9.66.